The molecule has 1 saturated heterocycles. The molecule has 0 spiro atoms. The summed E-state index contributed by atoms with van der Waals surface area (Å²) in [6.07, 6.45) is 0. The predicted molar refractivity (Wildman–Crippen MR) is 116 cm³/mol. The van der Waals surface area contributed by atoms with Crippen molar-refractivity contribution in [3.63, 3.8) is 0 Å². The van der Waals surface area contributed by atoms with Gasteiger partial charge in [0, 0.05) is 0 Å². The zero-order chi connectivity index (χ0) is 20.1. The highest BCUT2D eigenvalue weighted by Gasteiger charge is 2.51. The molecule has 1 fully saturated rings. The van der Waals surface area contributed by atoms with E-state index in [1.807, 2.05) is 6.07 Å². The van der Waals surface area contributed by atoms with Crippen LogP contribution in [0.25, 0.3) is 21.9 Å². The van der Waals surface area contributed by atoms with Crippen molar-refractivity contribution in [2.75, 3.05) is 7.11 Å². The molecular weight excluding hydrogens is 347 g/mol. The normalized spacial score (nSPS) is 17.9. The van der Waals surface area contributed by atoms with Gasteiger partial charge in [0.25, 0.3) is 0 Å². The first-order valence-electron chi connectivity index (χ1n) is 9.74. The Bertz CT molecular complexity index is 1020. The second-order valence-corrected chi connectivity index (χ2v) is 8.59. The molecule has 0 saturated carbocycles. The second-order valence-electron chi connectivity index (χ2n) is 8.59. The Morgan fingerprint density at radius 2 is 1.32 bits per heavy atom. The van der Waals surface area contributed by atoms with Gasteiger partial charge < -0.3 is 14.0 Å². The predicted octanol–water partition coefficient (Wildman–Crippen LogP) is 5.12. The highest BCUT2D eigenvalue weighted by atomic mass is 16.7. The van der Waals surface area contributed by atoms with Gasteiger partial charge in [-0.3, -0.25) is 0 Å². The number of ether oxygens (including phenoxy) is 1. The number of methoxy groups -OCH3 is 1. The van der Waals surface area contributed by atoms with E-state index in [0.29, 0.717) is 0 Å². The number of hydrogen-bond donors (Lipinski definition) is 0. The van der Waals surface area contributed by atoms with Crippen LogP contribution in [-0.2, 0) is 9.31 Å². The molecule has 3 nitrogen and oxygen atoms in total. The monoisotopic (exact) mass is 374 g/mol. The molecule has 0 aliphatic carbocycles. The third-order valence-corrected chi connectivity index (χ3v) is 6.12. The molecule has 0 unspecified atom stereocenters. The maximum Gasteiger partial charge on any atom is 0.494 e. The first kappa shape index (κ1) is 19.0. The molecule has 1 heterocycles. The van der Waals surface area contributed by atoms with Crippen molar-refractivity contribution in [3.8, 4) is 16.9 Å². The number of benzene rings is 3. The Labute approximate surface area is 167 Å². The molecule has 0 bridgehead atoms. The molecule has 28 heavy (non-hydrogen) atoms. The van der Waals surface area contributed by atoms with E-state index in [1.54, 1.807) is 7.11 Å². The first-order chi connectivity index (χ1) is 13.2. The first-order valence-corrected chi connectivity index (χ1v) is 9.74. The van der Waals surface area contributed by atoms with Gasteiger partial charge in [0.1, 0.15) is 5.75 Å². The van der Waals surface area contributed by atoms with Crippen LogP contribution in [0.5, 0.6) is 5.75 Å². The number of fused-ring (bicyclic) bond motifs is 1. The van der Waals surface area contributed by atoms with Crippen molar-refractivity contribution < 1.29 is 14.0 Å². The van der Waals surface area contributed by atoms with Gasteiger partial charge in [-0.1, -0.05) is 36.4 Å². The van der Waals surface area contributed by atoms with Gasteiger partial charge in [0.05, 0.1) is 18.3 Å². The molecule has 3 aromatic rings. The average Bonchev–Trinajstić information content (AvgIpc) is 2.88. The third-order valence-electron chi connectivity index (χ3n) is 6.12. The average molecular weight is 374 g/mol. The fourth-order valence-electron chi connectivity index (χ4n) is 3.63. The minimum atomic E-state index is -0.335. The highest BCUT2D eigenvalue weighted by Crippen LogP contribution is 2.36. The molecular formula is C24H27BO3. The van der Waals surface area contributed by atoms with E-state index in [4.69, 9.17) is 14.0 Å². The summed E-state index contributed by atoms with van der Waals surface area (Å²) >= 11 is 0. The van der Waals surface area contributed by atoms with Crippen LogP contribution in [-0.4, -0.2) is 25.4 Å². The molecule has 1 aliphatic heterocycles. The van der Waals surface area contributed by atoms with Crippen LogP contribution in [0.4, 0.5) is 0 Å². The minimum Gasteiger partial charge on any atom is -0.496 e. The lowest BCUT2D eigenvalue weighted by Crippen LogP contribution is -2.41. The highest BCUT2D eigenvalue weighted by molar-refractivity contribution is 6.62. The van der Waals surface area contributed by atoms with E-state index in [0.717, 1.165) is 16.8 Å². The number of rotatable bonds is 3. The summed E-state index contributed by atoms with van der Waals surface area (Å²) in [5.74, 6) is 0.914. The number of aryl methyl sites for hydroxylation is 1. The summed E-state index contributed by atoms with van der Waals surface area (Å²) < 4.78 is 17.8. The summed E-state index contributed by atoms with van der Waals surface area (Å²) in [6.45, 7) is 10.4. The zero-order valence-corrected chi connectivity index (χ0v) is 17.5. The fraction of sp³-hybridized carbons (Fsp3) is 0.333. The van der Waals surface area contributed by atoms with E-state index in [-0.39, 0.29) is 18.3 Å². The summed E-state index contributed by atoms with van der Waals surface area (Å²) in [5.41, 5.74) is 3.91. The van der Waals surface area contributed by atoms with E-state index in [9.17, 15) is 0 Å². The van der Waals surface area contributed by atoms with E-state index >= 15 is 0 Å². The molecule has 0 N–H and O–H groups in total. The van der Waals surface area contributed by atoms with Crippen molar-refractivity contribution in [1.29, 1.82) is 0 Å². The lowest BCUT2D eigenvalue weighted by Gasteiger charge is -2.32. The summed E-state index contributed by atoms with van der Waals surface area (Å²) in [7, 11) is 1.37. The maximum atomic E-state index is 6.19. The maximum absolute atomic E-state index is 6.19. The Morgan fingerprint density at radius 3 is 1.96 bits per heavy atom. The molecule has 3 aromatic carbocycles. The largest absolute Gasteiger partial charge is 0.496 e. The zero-order valence-electron chi connectivity index (χ0n) is 17.5. The molecule has 0 aromatic heterocycles. The Kier molecular flexibility index (Phi) is 4.52. The smallest absolute Gasteiger partial charge is 0.494 e. The molecule has 0 radical (unpaired) electrons. The summed E-state index contributed by atoms with van der Waals surface area (Å²) in [6, 6.07) is 19.3. The molecule has 4 rings (SSSR count). The Balaban J connectivity index is 1.66. The van der Waals surface area contributed by atoms with Crippen molar-refractivity contribution in [1.82, 2.24) is 0 Å². The lowest BCUT2D eigenvalue weighted by atomic mass is 9.78. The van der Waals surface area contributed by atoms with Crippen LogP contribution >= 0.6 is 0 Å². The van der Waals surface area contributed by atoms with Gasteiger partial charge in [-0.25, -0.2) is 0 Å². The van der Waals surface area contributed by atoms with E-state index in [1.165, 1.54) is 21.9 Å². The fourth-order valence-corrected chi connectivity index (χ4v) is 3.63. The molecule has 1 aliphatic rings. The van der Waals surface area contributed by atoms with Crippen molar-refractivity contribution in [3.05, 3.63) is 60.2 Å². The Morgan fingerprint density at radius 1 is 0.750 bits per heavy atom. The molecule has 0 amide bonds. The van der Waals surface area contributed by atoms with Gasteiger partial charge in [-0.05, 0) is 85.7 Å². The van der Waals surface area contributed by atoms with Crippen LogP contribution in [0.15, 0.2) is 54.6 Å². The van der Waals surface area contributed by atoms with Crippen LogP contribution in [0.1, 0.15) is 33.3 Å². The minimum absolute atomic E-state index is 0.331. The summed E-state index contributed by atoms with van der Waals surface area (Å²) in [5, 5.41) is 2.38. The van der Waals surface area contributed by atoms with Crippen LogP contribution in [0.3, 0.4) is 0 Å². The van der Waals surface area contributed by atoms with E-state index < -0.39 is 0 Å². The van der Waals surface area contributed by atoms with Crippen molar-refractivity contribution >= 4 is 23.4 Å². The van der Waals surface area contributed by atoms with E-state index in [2.05, 4.69) is 83.1 Å². The van der Waals surface area contributed by atoms with Crippen LogP contribution in [0.2, 0.25) is 0 Å². The van der Waals surface area contributed by atoms with Gasteiger partial charge >= 0.3 is 7.12 Å². The standard InChI is InChI=1S/C24H27BO3/c1-16-13-17(10-12-22(16)26-6)18-7-8-20-15-21(11-9-19(20)14-18)25-27-23(2,3)24(4,5)28-25/h7-15H,1-6H3. The topological polar surface area (TPSA) is 27.7 Å². The SMILES string of the molecule is COc1ccc(-c2ccc3cc(B4OC(C)(C)C(C)(C)O4)ccc3c2)cc1C. The quantitative estimate of drug-likeness (QED) is 0.596. The molecule has 4 heteroatoms. The second kappa shape index (κ2) is 6.65. The Hall–Kier alpha value is -2.30. The summed E-state index contributed by atoms with van der Waals surface area (Å²) in [4.78, 5) is 0. The number of hydrogen-bond acceptors (Lipinski definition) is 3. The van der Waals surface area contributed by atoms with Crippen LogP contribution in [0, 0.1) is 6.92 Å². The van der Waals surface area contributed by atoms with Gasteiger partial charge in [0.2, 0.25) is 0 Å². The lowest BCUT2D eigenvalue weighted by molar-refractivity contribution is 0.00578. The molecule has 0 atom stereocenters. The van der Waals surface area contributed by atoms with Crippen molar-refractivity contribution in [2.45, 2.75) is 45.8 Å². The van der Waals surface area contributed by atoms with Gasteiger partial charge in [-0.2, -0.15) is 0 Å². The van der Waals surface area contributed by atoms with Gasteiger partial charge in [-0.15, -0.1) is 0 Å². The van der Waals surface area contributed by atoms with Crippen LogP contribution < -0.4 is 10.2 Å². The van der Waals surface area contributed by atoms with Crippen molar-refractivity contribution in [2.24, 2.45) is 0 Å². The molecule has 144 valence electrons. The van der Waals surface area contributed by atoms with Gasteiger partial charge in [0.15, 0.2) is 0 Å². The third kappa shape index (κ3) is 3.21.